The van der Waals surface area contributed by atoms with Crippen LogP contribution in [-0.2, 0) is 21.5 Å². The Morgan fingerprint density at radius 3 is 2.36 bits per heavy atom. The molecule has 230 valence electrons. The normalized spacial score (nSPS) is 14.8. The smallest absolute Gasteiger partial charge is 0.389 e. The third kappa shape index (κ3) is 7.93. The molecular formula is C30H25Cl2F3N4O4S. The third-order valence-corrected chi connectivity index (χ3v) is 8.54. The zero-order chi connectivity index (χ0) is 31.5. The van der Waals surface area contributed by atoms with Crippen molar-refractivity contribution in [3.05, 3.63) is 99.9 Å². The fourth-order valence-electron chi connectivity index (χ4n) is 4.47. The topological polar surface area (TPSA) is 93.5 Å². The predicted octanol–water partition coefficient (Wildman–Crippen LogP) is 6.98. The number of aromatic nitrogens is 2. The van der Waals surface area contributed by atoms with E-state index in [0.717, 1.165) is 15.4 Å². The van der Waals surface area contributed by atoms with E-state index < -0.39 is 28.7 Å². The Kier molecular flexibility index (Phi) is 9.23. The van der Waals surface area contributed by atoms with Crippen molar-refractivity contribution in [1.29, 1.82) is 0 Å². The Balaban J connectivity index is 1.35. The van der Waals surface area contributed by atoms with Gasteiger partial charge in [0.25, 0.3) is 5.91 Å². The Morgan fingerprint density at radius 2 is 1.73 bits per heavy atom. The lowest BCUT2D eigenvalue weighted by Crippen LogP contribution is -2.29. The van der Waals surface area contributed by atoms with Crippen molar-refractivity contribution < 1.29 is 31.1 Å². The van der Waals surface area contributed by atoms with E-state index in [1.807, 2.05) is 27.6 Å². The molecule has 0 radical (unpaired) electrons. The highest BCUT2D eigenvalue weighted by Crippen LogP contribution is 2.31. The van der Waals surface area contributed by atoms with Gasteiger partial charge in [-0.05, 0) is 66.1 Å². The number of amides is 1. The maximum atomic E-state index is 12.3. The number of alkyl halides is 3. The van der Waals surface area contributed by atoms with Gasteiger partial charge >= 0.3 is 16.4 Å². The van der Waals surface area contributed by atoms with Crippen molar-refractivity contribution in [3.63, 3.8) is 0 Å². The summed E-state index contributed by atoms with van der Waals surface area (Å²) >= 11 is 12.5. The average Bonchev–Trinajstić information content (AvgIpc) is 3.48. The van der Waals surface area contributed by atoms with Crippen molar-refractivity contribution in [2.24, 2.45) is 0 Å². The first-order valence-electron chi connectivity index (χ1n) is 13.3. The first-order valence-corrected chi connectivity index (χ1v) is 15.5. The molecule has 1 fully saturated rings. The van der Waals surface area contributed by atoms with E-state index in [1.54, 1.807) is 66.7 Å². The van der Waals surface area contributed by atoms with Crippen molar-refractivity contribution in [3.8, 4) is 17.0 Å². The highest BCUT2D eigenvalue weighted by atomic mass is 35.5. The van der Waals surface area contributed by atoms with E-state index in [4.69, 9.17) is 32.9 Å². The summed E-state index contributed by atoms with van der Waals surface area (Å²) in [4.78, 5) is 16.4. The van der Waals surface area contributed by atoms with E-state index in [0.29, 0.717) is 45.1 Å². The largest absolute Gasteiger partial charge is 0.494 e. The summed E-state index contributed by atoms with van der Waals surface area (Å²) in [7, 11) is -3.91. The van der Waals surface area contributed by atoms with Crippen LogP contribution in [0.2, 0.25) is 10.0 Å². The van der Waals surface area contributed by atoms with Crippen LogP contribution in [0.4, 0.5) is 18.9 Å². The van der Waals surface area contributed by atoms with Crippen LogP contribution in [-0.4, -0.2) is 43.2 Å². The first kappa shape index (κ1) is 31.4. The summed E-state index contributed by atoms with van der Waals surface area (Å²) in [5, 5.41) is 0.922. The van der Waals surface area contributed by atoms with Gasteiger partial charge in [0.15, 0.2) is 0 Å². The Labute approximate surface area is 261 Å². The third-order valence-electron chi connectivity index (χ3n) is 6.59. The summed E-state index contributed by atoms with van der Waals surface area (Å²) in [5.74, 6) is 0.468. The van der Waals surface area contributed by atoms with Crippen molar-refractivity contribution in [2.45, 2.75) is 25.6 Å². The molecule has 14 heteroatoms. The van der Waals surface area contributed by atoms with E-state index >= 15 is 0 Å². The second kappa shape index (κ2) is 12.9. The molecular weight excluding hydrogens is 640 g/mol. The van der Waals surface area contributed by atoms with Crippen LogP contribution in [0.25, 0.3) is 23.4 Å². The minimum atomic E-state index is -4.21. The summed E-state index contributed by atoms with van der Waals surface area (Å²) in [5.41, 5.74) is 3.31. The maximum absolute atomic E-state index is 12.3. The molecule has 4 aromatic rings. The van der Waals surface area contributed by atoms with Crippen molar-refractivity contribution >= 4 is 57.2 Å². The summed E-state index contributed by atoms with van der Waals surface area (Å²) in [6, 6.07) is 18.8. The molecule has 0 aliphatic carbocycles. The minimum Gasteiger partial charge on any atom is -0.494 e. The van der Waals surface area contributed by atoms with Gasteiger partial charge in [0.2, 0.25) is 0 Å². The molecule has 8 nitrogen and oxygen atoms in total. The van der Waals surface area contributed by atoms with Gasteiger partial charge in [-0.2, -0.15) is 21.6 Å². The van der Waals surface area contributed by atoms with Crippen LogP contribution in [0.3, 0.4) is 0 Å². The van der Waals surface area contributed by atoms with Gasteiger partial charge in [0, 0.05) is 29.7 Å². The molecule has 1 aliphatic heterocycles. The second-order valence-electron chi connectivity index (χ2n) is 9.91. The highest BCUT2D eigenvalue weighted by Gasteiger charge is 2.33. The van der Waals surface area contributed by atoms with Crippen LogP contribution in [0.5, 0.6) is 5.75 Å². The van der Waals surface area contributed by atoms with Gasteiger partial charge in [-0.1, -0.05) is 53.5 Å². The van der Waals surface area contributed by atoms with Crippen molar-refractivity contribution in [2.75, 3.05) is 17.5 Å². The molecule has 0 spiro atoms. The summed E-state index contributed by atoms with van der Waals surface area (Å²) < 4.78 is 71.7. The molecule has 1 saturated heterocycles. The van der Waals surface area contributed by atoms with Gasteiger partial charge in [0.05, 0.1) is 23.0 Å². The van der Waals surface area contributed by atoms with Crippen LogP contribution >= 0.6 is 23.2 Å². The maximum Gasteiger partial charge on any atom is 0.389 e. The second-order valence-corrected chi connectivity index (χ2v) is 12.3. The molecule has 3 aromatic carbocycles. The lowest BCUT2D eigenvalue weighted by atomic mass is 10.1. The lowest BCUT2D eigenvalue weighted by molar-refractivity contribution is -0.136. The zero-order valence-electron chi connectivity index (χ0n) is 22.9. The van der Waals surface area contributed by atoms with E-state index in [2.05, 4.69) is 0 Å². The predicted molar refractivity (Wildman–Crippen MR) is 164 cm³/mol. The van der Waals surface area contributed by atoms with Crippen LogP contribution in [0.1, 0.15) is 29.8 Å². The molecule has 44 heavy (non-hydrogen) atoms. The molecule has 1 amide bonds. The monoisotopic (exact) mass is 664 g/mol. The molecule has 0 unspecified atom stereocenters. The molecule has 2 heterocycles. The quantitative estimate of drug-likeness (QED) is 0.185. The Bertz CT molecular complexity index is 1790. The molecule has 0 bridgehead atoms. The van der Waals surface area contributed by atoms with Gasteiger partial charge < -0.3 is 9.30 Å². The van der Waals surface area contributed by atoms with Crippen LogP contribution in [0, 0.1) is 0 Å². The SMILES string of the molecule is O=C1CN(c2ccc(Cn3cc(-c4ccc(Cl)cc4Cl)nc3C=Cc3ccc(OCCCC(F)(F)F)cc3)cc2)S(=O)(=O)N1. The minimum absolute atomic E-state index is 0.0357. The van der Waals surface area contributed by atoms with Gasteiger partial charge in [-0.15, -0.1) is 0 Å². The summed E-state index contributed by atoms with van der Waals surface area (Å²) in [6.07, 6.45) is 0.271. The number of anilines is 1. The zero-order valence-corrected chi connectivity index (χ0v) is 25.2. The number of carbonyl (C=O) groups excluding carboxylic acids is 1. The summed E-state index contributed by atoms with van der Waals surface area (Å²) in [6.45, 7) is 0.0628. The van der Waals surface area contributed by atoms with Crippen molar-refractivity contribution in [1.82, 2.24) is 14.3 Å². The van der Waals surface area contributed by atoms with E-state index in [-0.39, 0.29) is 19.6 Å². The van der Waals surface area contributed by atoms with E-state index in [1.165, 1.54) is 0 Å². The van der Waals surface area contributed by atoms with Gasteiger partial charge in [0.1, 0.15) is 18.1 Å². The number of rotatable bonds is 10. The number of benzene rings is 3. The number of nitrogens with one attached hydrogen (secondary N) is 1. The fraction of sp³-hybridized carbons (Fsp3) is 0.200. The first-order chi connectivity index (χ1) is 20.9. The number of nitrogens with zero attached hydrogens (tertiary/aromatic N) is 3. The van der Waals surface area contributed by atoms with Gasteiger partial charge in [-0.25, -0.2) is 14.0 Å². The molecule has 0 atom stereocenters. The lowest BCUT2D eigenvalue weighted by Gasteiger charge is -2.15. The number of ether oxygens (including phenoxy) is 1. The fourth-order valence-corrected chi connectivity index (χ4v) is 6.12. The molecule has 1 aliphatic rings. The number of halogens is 5. The standard InChI is InChI=1S/C30H25Cl2F3N4O4S/c31-22-7-12-25(26(32)16-22)27-18-38(17-21-2-8-23(9-3-21)39-19-29(40)37-44(39,41)42)28(36-27)13-6-20-4-10-24(11-5-20)43-15-1-14-30(33,34)35/h2-13,16,18H,1,14-15,17,19H2,(H,37,40). The number of hydrogen-bond acceptors (Lipinski definition) is 5. The number of imidazole rings is 1. The molecule has 0 saturated carbocycles. The molecule has 5 rings (SSSR count). The van der Waals surface area contributed by atoms with Crippen LogP contribution < -0.4 is 13.8 Å². The Morgan fingerprint density at radius 1 is 1.00 bits per heavy atom. The highest BCUT2D eigenvalue weighted by molar-refractivity contribution is 7.92. The average molecular weight is 666 g/mol. The molecule has 1 N–H and O–H groups in total. The molecule has 1 aromatic heterocycles. The van der Waals surface area contributed by atoms with Gasteiger partial charge in [-0.3, -0.25) is 4.79 Å². The van der Waals surface area contributed by atoms with E-state index in [9.17, 15) is 26.4 Å². The van der Waals surface area contributed by atoms with Crippen LogP contribution in [0.15, 0.2) is 72.9 Å². The number of hydrogen-bond donors (Lipinski definition) is 1. The number of carbonyl (C=O) groups is 1. The Hall–Kier alpha value is -4.00.